The van der Waals surface area contributed by atoms with Crippen molar-refractivity contribution in [2.75, 3.05) is 40.0 Å². The Bertz CT molecular complexity index is 682. The van der Waals surface area contributed by atoms with Gasteiger partial charge in [0.25, 0.3) is 5.91 Å². The van der Waals surface area contributed by atoms with Gasteiger partial charge in [0.1, 0.15) is 5.75 Å². The topological polar surface area (TPSA) is 59.1 Å². The molecule has 0 unspecified atom stereocenters. The van der Waals surface area contributed by atoms with Crippen molar-refractivity contribution in [3.05, 3.63) is 28.8 Å². The largest absolute Gasteiger partial charge is 0.483 e. The van der Waals surface area contributed by atoms with Crippen LogP contribution in [0.4, 0.5) is 0 Å². The first-order valence-corrected chi connectivity index (χ1v) is 9.33. The van der Waals surface area contributed by atoms with Crippen LogP contribution in [0.3, 0.4) is 0 Å². The van der Waals surface area contributed by atoms with Gasteiger partial charge in [0.05, 0.1) is 12.5 Å². The molecule has 0 N–H and O–H groups in total. The van der Waals surface area contributed by atoms with Crippen molar-refractivity contribution in [3.8, 4) is 5.75 Å². The van der Waals surface area contributed by atoms with E-state index in [1.54, 1.807) is 30.2 Å². The zero-order valence-electron chi connectivity index (χ0n) is 15.2. The van der Waals surface area contributed by atoms with E-state index in [0.717, 1.165) is 18.4 Å². The summed E-state index contributed by atoms with van der Waals surface area (Å²) >= 11 is 5.95. The number of hydrogen-bond acceptors (Lipinski definition) is 4. The van der Waals surface area contributed by atoms with Gasteiger partial charge in [-0.1, -0.05) is 11.6 Å². The van der Waals surface area contributed by atoms with E-state index in [4.69, 9.17) is 21.1 Å². The molecule has 4 rings (SSSR count). The Kier molecular flexibility index (Phi) is 6.04. The van der Waals surface area contributed by atoms with Gasteiger partial charge in [0, 0.05) is 37.8 Å². The third kappa shape index (κ3) is 4.13. The highest BCUT2D eigenvalue weighted by Crippen LogP contribution is 2.29. The number of fused-ring (bicyclic) bond motifs is 4. The lowest BCUT2D eigenvalue weighted by atomic mass is 9.94. The normalized spacial score (nSPS) is 22.5. The molecular weight excluding hydrogens is 356 g/mol. The highest BCUT2D eigenvalue weighted by atomic mass is 35.5. The molecule has 142 valence electrons. The fraction of sp³-hybridized carbons (Fsp3) is 0.579. The van der Waals surface area contributed by atoms with E-state index in [2.05, 4.69) is 0 Å². The molecule has 1 aromatic rings. The minimum absolute atomic E-state index is 0.0336. The van der Waals surface area contributed by atoms with Crippen LogP contribution in [0.1, 0.15) is 18.4 Å². The van der Waals surface area contributed by atoms with Crippen molar-refractivity contribution in [3.63, 3.8) is 0 Å². The summed E-state index contributed by atoms with van der Waals surface area (Å²) in [5.74, 6) is 0.589. The van der Waals surface area contributed by atoms with E-state index >= 15 is 0 Å². The first-order valence-electron chi connectivity index (χ1n) is 8.95. The van der Waals surface area contributed by atoms with Crippen LogP contribution < -0.4 is 4.74 Å². The molecule has 0 aromatic heterocycles. The van der Waals surface area contributed by atoms with Gasteiger partial charge in [-0.05, 0) is 43.5 Å². The average Bonchev–Trinajstić information content (AvgIpc) is 2.90. The number of halogens is 1. The number of benzene rings is 1. The molecule has 0 saturated carbocycles. The maximum Gasteiger partial charge on any atom is 0.260 e. The van der Waals surface area contributed by atoms with Crippen LogP contribution in [0.2, 0.25) is 5.02 Å². The number of rotatable bonds is 6. The first-order chi connectivity index (χ1) is 12.5. The molecule has 0 aliphatic carbocycles. The number of amides is 2. The molecule has 0 spiro atoms. The van der Waals surface area contributed by atoms with Crippen molar-refractivity contribution in [1.29, 1.82) is 0 Å². The minimum Gasteiger partial charge on any atom is -0.483 e. The summed E-state index contributed by atoms with van der Waals surface area (Å²) in [4.78, 5) is 29.0. The molecule has 3 heterocycles. The van der Waals surface area contributed by atoms with Crippen LogP contribution in [-0.4, -0.2) is 67.6 Å². The molecule has 3 saturated heterocycles. The number of nitrogens with zero attached hydrogens (tertiary/aromatic N) is 2. The number of hydrogen-bond donors (Lipinski definition) is 0. The predicted molar refractivity (Wildman–Crippen MR) is 98.4 cm³/mol. The lowest BCUT2D eigenvalue weighted by Crippen LogP contribution is -2.49. The second kappa shape index (κ2) is 8.27. The van der Waals surface area contributed by atoms with Gasteiger partial charge >= 0.3 is 0 Å². The van der Waals surface area contributed by atoms with Gasteiger partial charge in [-0.3, -0.25) is 9.59 Å². The average molecular weight is 381 g/mol. The van der Waals surface area contributed by atoms with E-state index in [1.807, 2.05) is 11.8 Å². The summed E-state index contributed by atoms with van der Waals surface area (Å²) in [6.07, 6.45) is 1.77. The Balaban J connectivity index is 1.62. The van der Waals surface area contributed by atoms with Crippen LogP contribution in [0.5, 0.6) is 5.75 Å². The number of carbonyl (C=O) groups excluding carboxylic acids is 2. The third-order valence-electron chi connectivity index (χ3n) is 5.17. The van der Waals surface area contributed by atoms with Gasteiger partial charge < -0.3 is 19.3 Å². The Morgan fingerprint density at radius 1 is 1.31 bits per heavy atom. The maximum absolute atomic E-state index is 12.7. The predicted octanol–water partition coefficient (Wildman–Crippen LogP) is 2.12. The van der Waals surface area contributed by atoms with Gasteiger partial charge in [0.2, 0.25) is 5.91 Å². The summed E-state index contributed by atoms with van der Waals surface area (Å²) in [6, 6.07) is 5.39. The monoisotopic (exact) mass is 380 g/mol. The second-order valence-electron chi connectivity index (χ2n) is 6.95. The molecule has 2 amide bonds. The standard InChI is InChI=1S/C19H25ClN2O4/c1-13-9-15(20)4-6-17(13)26-12-18(23)21-10-14-3-5-16(11-21)22(19(14)24)7-8-25-2/h4,6,9,14,16H,3,5,7-8,10-12H2,1-2H3/t14-,16+/m0/s1. The fourth-order valence-electron chi connectivity index (χ4n) is 3.73. The number of aryl methyl sites for hydroxylation is 1. The zero-order valence-corrected chi connectivity index (χ0v) is 16.0. The molecule has 7 heteroatoms. The SMILES string of the molecule is COCCN1C(=O)[C@H]2CC[C@@H]1CN(C(=O)COc1ccc(Cl)cc1C)C2. The summed E-state index contributed by atoms with van der Waals surface area (Å²) in [5.41, 5.74) is 0.891. The number of ether oxygens (including phenoxy) is 2. The van der Waals surface area contributed by atoms with Crippen LogP contribution in [0.15, 0.2) is 18.2 Å². The number of carbonyl (C=O) groups is 2. The van der Waals surface area contributed by atoms with Gasteiger partial charge in [0.15, 0.2) is 6.61 Å². The van der Waals surface area contributed by atoms with Crippen molar-refractivity contribution >= 4 is 23.4 Å². The summed E-state index contributed by atoms with van der Waals surface area (Å²) in [5, 5.41) is 0.639. The maximum atomic E-state index is 12.7. The Hall–Kier alpha value is -1.79. The summed E-state index contributed by atoms with van der Waals surface area (Å²) in [6.45, 7) is 3.99. The molecule has 1 aromatic carbocycles. The van der Waals surface area contributed by atoms with Gasteiger partial charge in [-0.25, -0.2) is 0 Å². The van der Waals surface area contributed by atoms with Gasteiger partial charge in [-0.15, -0.1) is 0 Å². The van der Waals surface area contributed by atoms with Crippen LogP contribution in [-0.2, 0) is 14.3 Å². The third-order valence-corrected chi connectivity index (χ3v) is 5.41. The lowest BCUT2D eigenvalue weighted by Gasteiger charge is -2.35. The second-order valence-corrected chi connectivity index (χ2v) is 7.39. The van der Waals surface area contributed by atoms with Crippen molar-refractivity contribution in [1.82, 2.24) is 9.80 Å². The smallest absolute Gasteiger partial charge is 0.260 e. The Labute approximate surface area is 159 Å². The molecule has 3 aliphatic rings. The molecule has 3 fully saturated rings. The molecule has 6 nitrogen and oxygen atoms in total. The van der Waals surface area contributed by atoms with E-state index < -0.39 is 0 Å². The Morgan fingerprint density at radius 3 is 2.85 bits per heavy atom. The van der Waals surface area contributed by atoms with Crippen LogP contribution in [0.25, 0.3) is 0 Å². The van der Waals surface area contributed by atoms with Crippen LogP contribution in [0, 0.1) is 12.8 Å². The fourth-order valence-corrected chi connectivity index (χ4v) is 3.96. The first kappa shape index (κ1) is 19.0. The zero-order chi connectivity index (χ0) is 18.7. The molecule has 2 atom stereocenters. The number of piperidine rings is 1. The van der Waals surface area contributed by atoms with Crippen molar-refractivity contribution in [2.45, 2.75) is 25.8 Å². The molecule has 2 bridgehead atoms. The summed E-state index contributed by atoms with van der Waals surface area (Å²) < 4.78 is 10.8. The highest BCUT2D eigenvalue weighted by molar-refractivity contribution is 6.30. The van der Waals surface area contributed by atoms with E-state index in [0.29, 0.717) is 37.0 Å². The molecular formula is C19H25ClN2O4. The Morgan fingerprint density at radius 2 is 2.12 bits per heavy atom. The minimum atomic E-state index is -0.119. The highest BCUT2D eigenvalue weighted by Gasteiger charge is 2.41. The van der Waals surface area contributed by atoms with E-state index in [1.165, 1.54) is 0 Å². The quantitative estimate of drug-likeness (QED) is 0.758. The molecule has 3 aliphatic heterocycles. The molecule has 0 radical (unpaired) electrons. The van der Waals surface area contributed by atoms with Crippen LogP contribution >= 0.6 is 11.6 Å². The van der Waals surface area contributed by atoms with Gasteiger partial charge in [-0.2, -0.15) is 0 Å². The lowest BCUT2D eigenvalue weighted by molar-refractivity contribution is -0.140. The molecule has 26 heavy (non-hydrogen) atoms. The number of methoxy groups -OCH3 is 1. The van der Waals surface area contributed by atoms with E-state index in [-0.39, 0.29) is 30.4 Å². The van der Waals surface area contributed by atoms with Crippen molar-refractivity contribution in [2.24, 2.45) is 5.92 Å². The van der Waals surface area contributed by atoms with E-state index in [9.17, 15) is 9.59 Å². The summed E-state index contributed by atoms with van der Waals surface area (Å²) in [7, 11) is 1.63. The van der Waals surface area contributed by atoms with Crippen molar-refractivity contribution < 1.29 is 19.1 Å².